The van der Waals surface area contributed by atoms with E-state index in [0.717, 1.165) is 19.0 Å². The van der Waals surface area contributed by atoms with Gasteiger partial charge in [-0.1, -0.05) is 13.8 Å². The maximum atomic E-state index is 6.16. The van der Waals surface area contributed by atoms with Crippen molar-refractivity contribution in [1.82, 2.24) is 9.80 Å². The van der Waals surface area contributed by atoms with Crippen LogP contribution in [0.4, 0.5) is 0 Å². The standard InChI is InChI=1S/C13H27N3/c1-3-7-16(4-2)13(10-14)11-15-8-5-12(13)6-9-15/h12H,3-11,14H2,1-2H3. The van der Waals surface area contributed by atoms with Crippen molar-refractivity contribution in [1.29, 1.82) is 0 Å². The van der Waals surface area contributed by atoms with Crippen molar-refractivity contribution in [3.05, 3.63) is 0 Å². The minimum atomic E-state index is 0.293. The lowest BCUT2D eigenvalue weighted by Gasteiger charge is -2.57. The van der Waals surface area contributed by atoms with Gasteiger partial charge >= 0.3 is 0 Å². The Morgan fingerprint density at radius 1 is 1.31 bits per heavy atom. The van der Waals surface area contributed by atoms with Crippen molar-refractivity contribution in [2.45, 2.75) is 38.6 Å². The third-order valence-corrected chi connectivity index (χ3v) is 4.70. The van der Waals surface area contributed by atoms with Crippen molar-refractivity contribution in [3.8, 4) is 0 Å². The predicted octanol–water partition coefficient (Wildman–Crippen LogP) is 1.14. The van der Waals surface area contributed by atoms with Crippen molar-refractivity contribution in [3.63, 3.8) is 0 Å². The molecule has 3 saturated heterocycles. The van der Waals surface area contributed by atoms with Crippen LogP contribution in [0.15, 0.2) is 0 Å². The second kappa shape index (κ2) is 5.03. The molecule has 0 amide bonds. The molecule has 94 valence electrons. The monoisotopic (exact) mass is 225 g/mol. The van der Waals surface area contributed by atoms with E-state index < -0.39 is 0 Å². The number of hydrogen-bond donors (Lipinski definition) is 1. The van der Waals surface area contributed by atoms with Gasteiger partial charge in [-0.3, -0.25) is 4.90 Å². The number of nitrogens with zero attached hydrogens (tertiary/aromatic N) is 2. The Bertz CT molecular complexity index is 223. The van der Waals surface area contributed by atoms with E-state index >= 15 is 0 Å². The average molecular weight is 225 g/mol. The first-order chi connectivity index (χ1) is 7.76. The summed E-state index contributed by atoms with van der Waals surface area (Å²) in [6, 6.07) is 0. The van der Waals surface area contributed by atoms with Crippen LogP contribution in [0.3, 0.4) is 0 Å². The van der Waals surface area contributed by atoms with E-state index in [-0.39, 0.29) is 0 Å². The van der Waals surface area contributed by atoms with Crippen LogP contribution < -0.4 is 5.73 Å². The lowest BCUT2D eigenvalue weighted by Crippen LogP contribution is -2.70. The summed E-state index contributed by atoms with van der Waals surface area (Å²) in [7, 11) is 0. The highest BCUT2D eigenvalue weighted by molar-refractivity contribution is 5.05. The predicted molar refractivity (Wildman–Crippen MR) is 68.5 cm³/mol. The molecule has 0 aromatic carbocycles. The van der Waals surface area contributed by atoms with E-state index in [4.69, 9.17) is 5.73 Å². The normalized spacial score (nSPS) is 38.2. The molecule has 3 aliphatic rings. The average Bonchev–Trinajstić information content (AvgIpc) is 2.37. The minimum absolute atomic E-state index is 0.293. The number of fused-ring (bicyclic) bond motifs is 3. The fourth-order valence-electron chi connectivity index (χ4n) is 3.83. The highest BCUT2D eigenvalue weighted by Crippen LogP contribution is 2.39. The van der Waals surface area contributed by atoms with Gasteiger partial charge in [0.1, 0.15) is 0 Å². The third kappa shape index (κ3) is 1.89. The summed E-state index contributed by atoms with van der Waals surface area (Å²) in [6.07, 6.45) is 3.96. The molecule has 1 atom stereocenters. The molecule has 3 aliphatic heterocycles. The van der Waals surface area contributed by atoms with E-state index in [1.807, 2.05) is 0 Å². The van der Waals surface area contributed by atoms with Gasteiger partial charge in [-0.15, -0.1) is 0 Å². The Balaban J connectivity index is 2.17. The SMILES string of the molecule is CCCN(CC)C1(CN)CN2CCC1CC2. The number of piperidine rings is 3. The molecule has 3 fully saturated rings. The van der Waals surface area contributed by atoms with Crippen LogP contribution in [0.1, 0.15) is 33.1 Å². The molecule has 1 unspecified atom stereocenters. The summed E-state index contributed by atoms with van der Waals surface area (Å²) >= 11 is 0. The van der Waals surface area contributed by atoms with Crippen molar-refractivity contribution >= 4 is 0 Å². The molecule has 0 aromatic heterocycles. The van der Waals surface area contributed by atoms with Crippen molar-refractivity contribution < 1.29 is 0 Å². The Hall–Kier alpha value is -0.120. The van der Waals surface area contributed by atoms with Gasteiger partial charge in [-0.25, -0.2) is 0 Å². The van der Waals surface area contributed by atoms with E-state index in [9.17, 15) is 0 Å². The van der Waals surface area contributed by atoms with Gasteiger partial charge in [0.2, 0.25) is 0 Å². The van der Waals surface area contributed by atoms with Gasteiger partial charge in [0.25, 0.3) is 0 Å². The molecule has 2 bridgehead atoms. The smallest absolute Gasteiger partial charge is 0.0487 e. The fraction of sp³-hybridized carbons (Fsp3) is 1.00. The molecule has 3 nitrogen and oxygen atoms in total. The van der Waals surface area contributed by atoms with E-state index in [2.05, 4.69) is 23.6 Å². The molecule has 0 aliphatic carbocycles. The molecule has 3 heterocycles. The second-order valence-corrected chi connectivity index (χ2v) is 5.44. The summed E-state index contributed by atoms with van der Waals surface area (Å²) in [5, 5.41) is 0. The lowest BCUT2D eigenvalue weighted by molar-refractivity contribution is -0.0652. The molecule has 0 spiro atoms. The lowest BCUT2D eigenvalue weighted by atomic mass is 9.71. The second-order valence-electron chi connectivity index (χ2n) is 5.44. The Morgan fingerprint density at radius 3 is 2.38 bits per heavy atom. The summed E-state index contributed by atoms with van der Waals surface area (Å²) in [6.45, 7) is 11.6. The van der Waals surface area contributed by atoms with Gasteiger partial charge in [-0.05, 0) is 51.4 Å². The van der Waals surface area contributed by atoms with Gasteiger partial charge in [0.05, 0.1) is 0 Å². The van der Waals surface area contributed by atoms with Crippen molar-refractivity contribution in [2.24, 2.45) is 11.7 Å². The largest absolute Gasteiger partial charge is 0.329 e. The maximum absolute atomic E-state index is 6.16. The summed E-state index contributed by atoms with van der Waals surface area (Å²) in [4.78, 5) is 5.27. The number of likely N-dealkylation sites (N-methyl/N-ethyl adjacent to an activating group) is 1. The number of rotatable bonds is 5. The Kier molecular flexibility index (Phi) is 3.88. The van der Waals surface area contributed by atoms with E-state index in [1.54, 1.807) is 0 Å². The van der Waals surface area contributed by atoms with Crippen LogP contribution >= 0.6 is 0 Å². The van der Waals surface area contributed by atoms with Gasteiger partial charge in [-0.2, -0.15) is 0 Å². The van der Waals surface area contributed by atoms with Crippen LogP contribution in [-0.2, 0) is 0 Å². The van der Waals surface area contributed by atoms with Crippen LogP contribution in [0.2, 0.25) is 0 Å². The molecule has 0 radical (unpaired) electrons. The third-order valence-electron chi connectivity index (χ3n) is 4.70. The Morgan fingerprint density at radius 2 is 2.00 bits per heavy atom. The quantitative estimate of drug-likeness (QED) is 0.761. The first-order valence-electron chi connectivity index (χ1n) is 6.94. The molecule has 3 heteroatoms. The number of hydrogen-bond acceptors (Lipinski definition) is 3. The Labute approximate surface area is 100.0 Å². The molecular weight excluding hydrogens is 198 g/mol. The van der Waals surface area contributed by atoms with Crippen LogP contribution in [-0.4, -0.2) is 54.6 Å². The van der Waals surface area contributed by atoms with Crippen LogP contribution in [0.5, 0.6) is 0 Å². The van der Waals surface area contributed by atoms with E-state index in [1.165, 1.54) is 45.4 Å². The van der Waals surface area contributed by atoms with E-state index in [0.29, 0.717) is 5.54 Å². The molecule has 2 N–H and O–H groups in total. The fourth-order valence-corrected chi connectivity index (χ4v) is 3.83. The topological polar surface area (TPSA) is 32.5 Å². The zero-order valence-electron chi connectivity index (χ0n) is 10.9. The van der Waals surface area contributed by atoms with Crippen LogP contribution in [0, 0.1) is 5.92 Å². The van der Waals surface area contributed by atoms with Gasteiger partial charge in [0.15, 0.2) is 0 Å². The molecule has 0 saturated carbocycles. The summed E-state index contributed by atoms with van der Waals surface area (Å²) in [5.74, 6) is 0.842. The first kappa shape index (κ1) is 12.3. The first-order valence-corrected chi connectivity index (χ1v) is 6.94. The highest BCUT2D eigenvalue weighted by Gasteiger charge is 2.48. The minimum Gasteiger partial charge on any atom is -0.329 e. The zero-order valence-corrected chi connectivity index (χ0v) is 10.9. The van der Waals surface area contributed by atoms with Gasteiger partial charge in [0, 0.05) is 18.6 Å². The number of nitrogens with two attached hydrogens (primary N) is 1. The summed E-state index contributed by atoms with van der Waals surface area (Å²) in [5.41, 5.74) is 6.46. The maximum Gasteiger partial charge on any atom is 0.0487 e. The zero-order chi connectivity index (χ0) is 11.6. The molecule has 0 aromatic rings. The van der Waals surface area contributed by atoms with Crippen molar-refractivity contribution in [2.75, 3.05) is 39.3 Å². The molecule has 16 heavy (non-hydrogen) atoms. The highest BCUT2D eigenvalue weighted by atomic mass is 15.3. The van der Waals surface area contributed by atoms with Gasteiger partial charge < -0.3 is 10.6 Å². The van der Waals surface area contributed by atoms with Crippen LogP contribution in [0.25, 0.3) is 0 Å². The molecular formula is C13H27N3. The summed E-state index contributed by atoms with van der Waals surface area (Å²) < 4.78 is 0. The molecule has 3 rings (SSSR count).